The van der Waals surface area contributed by atoms with E-state index in [-0.39, 0.29) is 36.5 Å². The van der Waals surface area contributed by atoms with E-state index in [0.717, 1.165) is 22.8 Å². The van der Waals surface area contributed by atoms with Crippen molar-refractivity contribution < 1.29 is 29.0 Å². The maximum Gasteiger partial charge on any atom is 0.310 e. The second kappa shape index (κ2) is 10.9. The Bertz CT molecular complexity index is 1410. The summed E-state index contributed by atoms with van der Waals surface area (Å²) in [5.74, 6) is -2.00. The Morgan fingerprint density at radius 2 is 1.78 bits per heavy atom. The highest BCUT2D eigenvalue weighted by molar-refractivity contribution is 6.02. The fourth-order valence-electron chi connectivity index (χ4n) is 7.49. The third-order valence-electron chi connectivity index (χ3n) is 9.95. The number of rotatable bonds is 5. The predicted molar refractivity (Wildman–Crippen MR) is 158 cm³/mol. The topological polar surface area (TPSA) is 89.9 Å². The van der Waals surface area contributed by atoms with Gasteiger partial charge in [0.15, 0.2) is 5.78 Å². The molecule has 218 valence electrons. The number of benzene rings is 2. The number of esters is 2. The van der Waals surface area contributed by atoms with Crippen LogP contribution in [-0.4, -0.2) is 40.6 Å². The molecule has 3 aliphatic rings. The fourth-order valence-corrected chi connectivity index (χ4v) is 7.49. The number of fused-ring (bicyclic) bond motifs is 3. The van der Waals surface area contributed by atoms with Gasteiger partial charge in [-0.25, -0.2) is 0 Å². The van der Waals surface area contributed by atoms with Crippen LogP contribution in [0.15, 0.2) is 66.3 Å². The molecule has 3 aliphatic carbocycles. The van der Waals surface area contributed by atoms with E-state index in [1.165, 1.54) is 0 Å². The van der Waals surface area contributed by atoms with Crippen molar-refractivity contribution in [1.82, 2.24) is 0 Å². The van der Waals surface area contributed by atoms with Crippen molar-refractivity contribution >= 4 is 28.5 Å². The highest BCUT2D eigenvalue weighted by atomic mass is 16.6. The van der Waals surface area contributed by atoms with Gasteiger partial charge in [-0.2, -0.15) is 0 Å². The van der Waals surface area contributed by atoms with Crippen LogP contribution in [0.5, 0.6) is 0 Å². The van der Waals surface area contributed by atoms with Gasteiger partial charge in [-0.3, -0.25) is 14.4 Å². The zero-order valence-corrected chi connectivity index (χ0v) is 24.8. The van der Waals surface area contributed by atoms with E-state index in [0.29, 0.717) is 23.5 Å². The highest BCUT2D eigenvalue weighted by Crippen LogP contribution is 2.62. The van der Waals surface area contributed by atoms with Crippen molar-refractivity contribution in [2.75, 3.05) is 0 Å². The van der Waals surface area contributed by atoms with Crippen molar-refractivity contribution in [2.24, 2.45) is 29.1 Å². The Morgan fingerprint density at radius 1 is 1.07 bits per heavy atom. The van der Waals surface area contributed by atoms with Gasteiger partial charge in [-0.05, 0) is 76.8 Å². The Balaban J connectivity index is 1.54. The molecular weight excluding hydrogens is 516 g/mol. The lowest BCUT2D eigenvalue weighted by Crippen LogP contribution is -2.52. The van der Waals surface area contributed by atoms with Crippen molar-refractivity contribution in [1.29, 1.82) is 0 Å². The molecule has 7 atom stereocenters. The standard InChI is InChI=1S/C35H42O6/c1-7-28(36)40-32-22(4)19-35(39)30(32)31(20(2)15-16-26-27(34(26,5)6)17-21(3)33(35)38)41-29(37)18-24-13-10-12-23-11-8-9-14-25(23)24/h8-14,17,22,26-27,30-32,39H,2,7,15-16,18-19H2,1,3-6H3/b21-17+/t22-,26-,27+,30-,31-,32-,35+/m0/s1. The third kappa shape index (κ3) is 5.27. The molecule has 0 aliphatic heterocycles. The maximum absolute atomic E-state index is 14.0. The van der Waals surface area contributed by atoms with Crippen LogP contribution in [0.3, 0.4) is 0 Å². The Labute approximate surface area is 242 Å². The molecule has 5 rings (SSSR count). The Morgan fingerprint density at radius 3 is 2.51 bits per heavy atom. The average molecular weight is 559 g/mol. The number of ketones is 1. The van der Waals surface area contributed by atoms with Crippen LogP contribution in [0, 0.1) is 29.1 Å². The lowest BCUT2D eigenvalue weighted by atomic mass is 9.77. The number of hydrogen-bond donors (Lipinski definition) is 1. The van der Waals surface area contributed by atoms with E-state index in [1.807, 2.05) is 55.5 Å². The molecule has 0 bridgehead atoms. The quantitative estimate of drug-likeness (QED) is 0.350. The van der Waals surface area contributed by atoms with Crippen LogP contribution in [0.25, 0.3) is 10.8 Å². The molecule has 41 heavy (non-hydrogen) atoms. The molecule has 0 radical (unpaired) electrons. The minimum absolute atomic E-state index is 0.0237. The summed E-state index contributed by atoms with van der Waals surface area (Å²) in [7, 11) is 0. The molecule has 0 aromatic heterocycles. The van der Waals surface area contributed by atoms with Gasteiger partial charge >= 0.3 is 11.9 Å². The van der Waals surface area contributed by atoms with Gasteiger partial charge in [0.1, 0.15) is 17.8 Å². The molecule has 0 amide bonds. The van der Waals surface area contributed by atoms with Crippen LogP contribution in [0.4, 0.5) is 0 Å². The summed E-state index contributed by atoms with van der Waals surface area (Å²) in [6.07, 6.45) is 1.90. The summed E-state index contributed by atoms with van der Waals surface area (Å²) in [5.41, 5.74) is 0.134. The first-order chi connectivity index (χ1) is 19.4. The van der Waals surface area contributed by atoms with Gasteiger partial charge in [-0.1, -0.05) is 82.8 Å². The molecule has 0 saturated heterocycles. The predicted octanol–water partition coefficient (Wildman–Crippen LogP) is 6.14. The summed E-state index contributed by atoms with van der Waals surface area (Å²) in [5, 5.41) is 14.2. The molecular formula is C35H42O6. The van der Waals surface area contributed by atoms with Crippen molar-refractivity contribution in [2.45, 2.75) is 84.5 Å². The SMILES string of the molecule is C=C1CC[C@H]2[C@@H](/C=C(\C)C(=O)[C@@]3(O)C[C@H](C)[C@H](OC(=O)CC)[C@@H]3[C@H]1OC(=O)Cc1cccc3ccccc13)C2(C)C. The first-order valence-electron chi connectivity index (χ1n) is 14.9. The number of carbonyl (C=O) groups excluding carboxylic acids is 3. The van der Waals surface area contributed by atoms with Crippen molar-refractivity contribution in [3.05, 3.63) is 71.8 Å². The van der Waals surface area contributed by atoms with Gasteiger partial charge in [0.05, 0.1) is 12.3 Å². The first-order valence-corrected chi connectivity index (χ1v) is 14.9. The molecule has 6 heteroatoms. The van der Waals surface area contributed by atoms with E-state index < -0.39 is 41.4 Å². The fraction of sp³-hybridized carbons (Fsp3) is 0.514. The van der Waals surface area contributed by atoms with Crippen LogP contribution in [-0.2, 0) is 30.3 Å². The van der Waals surface area contributed by atoms with Gasteiger partial charge in [0.2, 0.25) is 0 Å². The molecule has 2 aromatic carbocycles. The summed E-state index contributed by atoms with van der Waals surface area (Å²) in [6, 6.07) is 13.7. The number of hydrogen-bond acceptors (Lipinski definition) is 6. The number of carbonyl (C=O) groups is 3. The first kappa shape index (κ1) is 29.2. The lowest BCUT2D eigenvalue weighted by molar-refractivity contribution is -0.170. The summed E-state index contributed by atoms with van der Waals surface area (Å²) in [6.45, 7) is 14.1. The van der Waals surface area contributed by atoms with Crippen LogP contribution in [0.1, 0.15) is 65.9 Å². The van der Waals surface area contributed by atoms with E-state index in [9.17, 15) is 19.5 Å². The minimum Gasteiger partial charge on any atom is -0.461 e. The highest BCUT2D eigenvalue weighted by Gasteiger charge is 2.63. The number of ether oxygens (including phenoxy) is 2. The molecule has 0 heterocycles. The molecule has 2 saturated carbocycles. The van der Waals surface area contributed by atoms with Gasteiger partial charge in [0, 0.05) is 6.42 Å². The van der Waals surface area contributed by atoms with Crippen LogP contribution >= 0.6 is 0 Å². The molecule has 0 unspecified atom stereocenters. The second-order valence-corrected chi connectivity index (χ2v) is 13.0. The largest absolute Gasteiger partial charge is 0.461 e. The Kier molecular flexibility index (Phi) is 7.75. The average Bonchev–Trinajstić information content (AvgIpc) is 3.34. The number of Topliss-reactive ketones (excluding diaryl/α,β-unsaturated/α-hetero) is 1. The molecule has 2 aromatic rings. The monoisotopic (exact) mass is 558 g/mol. The van der Waals surface area contributed by atoms with Crippen LogP contribution in [0.2, 0.25) is 0 Å². The smallest absolute Gasteiger partial charge is 0.310 e. The third-order valence-corrected chi connectivity index (χ3v) is 9.95. The summed E-state index contributed by atoms with van der Waals surface area (Å²) in [4.78, 5) is 40.2. The number of allylic oxidation sites excluding steroid dienone is 1. The van der Waals surface area contributed by atoms with Crippen molar-refractivity contribution in [3.8, 4) is 0 Å². The zero-order chi connectivity index (χ0) is 29.7. The normalized spacial score (nSPS) is 34.0. The lowest BCUT2D eigenvalue weighted by Gasteiger charge is -2.37. The molecule has 6 nitrogen and oxygen atoms in total. The van der Waals surface area contributed by atoms with E-state index >= 15 is 0 Å². The van der Waals surface area contributed by atoms with Gasteiger partial charge in [-0.15, -0.1) is 0 Å². The molecule has 2 fully saturated rings. The summed E-state index contributed by atoms with van der Waals surface area (Å²) >= 11 is 0. The van der Waals surface area contributed by atoms with Gasteiger partial charge < -0.3 is 14.6 Å². The number of aliphatic hydroxyl groups is 1. The van der Waals surface area contributed by atoms with Gasteiger partial charge in [0.25, 0.3) is 0 Å². The zero-order valence-electron chi connectivity index (χ0n) is 24.8. The van der Waals surface area contributed by atoms with Crippen molar-refractivity contribution in [3.63, 3.8) is 0 Å². The van der Waals surface area contributed by atoms with E-state index in [4.69, 9.17) is 9.47 Å². The van der Waals surface area contributed by atoms with E-state index in [1.54, 1.807) is 13.8 Å². The maximum atomic E-state index is 14.0. The van der Waals surface area contributed by atoms with Crippen LogP contribution < -0.4 is 0 Å². The Hall–Kier alpha value is -3.25. The molecule has 0 spiro atoms. The van der Waals surface area contributed by atoms with E-state index in [2.05, 4.69) is 20.4 Å². The minimum atomic E-state index is -1.87. The summed E-state index contributed by atoms with van der Waals surface area (Å²) < 4.78 is 12.1. The second-order valence-electron chi connectivity index (χ2n) is 13.0. The molecule has 1 N–H and O–H groups in total.